The molecule has 2 unspecified atom stereocenters. The minimum Gasteiger partial charge on any atom is -0.460 e. The number of rotatable bonds is 15. The first-order chi connectivity index (χ1) is 20.6. The van der Waals surface area contributed by atoms with Gasteiger partial charge in [-0.2, -0.15) is 0 Å². The lowest BCUT2D eigenvalue weighted by atomic mass is 10.1. The second kappa shape index (κ2) is 17.6. The Morgan fingerprint density at radius 1 is 0.822 bits per heavy atom. The summed E-state index contributed by atoms with van der Waals surface area (Å²) in [6, 6.07) is -3.04. The molecular weight excluding hydrogens is 701 g/mol. The summed E-state index contributed by atoms with van der Waals surface area (Å²) in [5.74, 6) is -2.19. The van der Waals surface area contributed by atoms with Crippen molar-refractivity contribution in [2.45, 2.75) is 136 Å². The van der Waals surface area contributed by atoms with Crippen LogP contribution in [0.2, 0.25) is 0 Å². The molecule has 0 saturated heterocycles. The Bertz CT molecular complexity index is 1170. The molecule has 0 aromatic carbocycles. The van der Waals surface area contributed by atoms with E-state index in [0.29, 0.717) is 28.8 Å². The van der Waals surface area contributed by atoms with Crippen LogP contribution in [-0.4, -0.2) is 80.3 Å². The van der Waals surface area contributed by atoms with Gasteiger partial charge in [-0.15, -0.1) is 5.10 Å². The molecule has 0 aliphatic heterocycles. The zero-order valence-electron chi connectivity index (χ0n) is 27.9. The second-order valence-electron chi connectivity index (χ2n) is 13.4. The first-order valence-electron chi connectivity index (χ1n) is 14.9. The fourth-order valence-corrected chi connectivity index (χ4v) is 4.37. The molecule has 1 rings (SSSR count). The van der Waals surface area contributed by atoms with Crippen LogP contribution < -0.4 is 21.7 Å². The molecule has 5 N–H and O–H groups in total. The minimum atomic E-state index is -1.18. The maximum absolute atomic E-state index is 13.0. The SMILES string of the molecule is CC(C)(C)OC(=O)CCC(NC(=O)NC(CCCCNC(=O)Cn1nnc(I)c1CN)C(=O)OC(C)(C)C)C(=O)OC(C)(C)C. The molecule has 256 valence electrons. The fraction of sp³-hybridized carbons (Fsp3) is 0.759. The van der Waals surface area contributed by atoms with Crippen molar-refractivity contribution in [3.8, 4) is 0 Å². The summed E-state index contributed by atoms with van der Waals surface area (Å²) in [5, 5.41) is 15.8. The number of carbonyl (C=O) groups excluding carboxylic acids is 5. The van der Waals surface area contributed by atoms with Crippen molar-refractivity contribution in [3.63, 3.8) is 0 Å². The number of nitrogens with two attached hydrogens (primary N) is 1. The van der Waals surface area contributed by atoms with E-state index in [9.17, 15) is 24.0 Å². The van der Waals surface area contributed by atoms with Gasteiger partial charge in [-0.3, -0.25) is 9.59 Å². The van der Waals surface area contributed by atoms with E-state index >= 15 is 0 Å². The van der Waals surface area contributed by atoms with Crippen LogP contribution in [0.3, 0.4) is 0 Å². The average Bonchev–Trinajstić information content (AvgIpc) is 3.20. The number of carbonyl (C=O) groups is 5. The molecule has 1 heterocycles. The first-order valence-corrected chi connectivity index (χ1v) is 16.0. The van der Waals surface area contributed by atoms with Crippen LogP contribution in [0.25, 0.3) is 0 Å². The van der Waals surface area contributed by atoms with E-state index in [2.05, 4.69) is 26.3 Å². The molecule has 0 fully saturated rings. The highest BCUT2D eigenvalue weighted by Gasteiger charge is 2.31. The maximum Gasteiger partial charge on any atom is 0.329 e. The molecule has 0 saturated carbocycles. The third-order valence-electron chi connectivity index (χ3n) is 5.57. The Labute approximate surface area is 278 Å². The van der Waals surface area contributed by atoms with Crippen molar-refractivity contribution in [1.82, 2.24) is 30.9 Å². The number of hydrogen-bond acceptors (Lipinski definition) is 11. The Hall–Kier alpha value is -3.02. The Kier molecular flexibility index (Phi) is 15.7. The van der Waals surface area contributed by atoms with Crippen molar-refractivity contribution in [2.24, 2.45) is 5.73 Å². The van der Waals surface area contributed by atoms with E-state index in [1.54, 1.807) is 62.3 Å². The topological polar surface area (TPSA) is 206 Å². The number of halogens is 1. The van der Waals surface area contributed by atoms with Crippen molar-refractivity contribution < 1.29 is 38.2 Å². The summed E-state index contributed by atoms with van der Waals surface area (Å²) < 4.78 is 18.3. The third kappa shape index (κ3) is 17.3. The van der Waals surface area contributed by atoms with Gasteiger partial charge in [0, 0.05) is 19.5 Å². The number of unbranched alkanes of at least 4 members (excludes halogenated alkanes) is 1. The quantitative estimate of drug-likeness (QED) is 0.0887. The first kappa shape index (κ1) is 40.0. The molecule has 0 aliphatic carbocycles. The fourth-order valence-electron chi connectivity index (χ4n) is 3.78. The van der Waals surface area contributed by atoms with Crippen molar-refractivity contribution in [2.75, 3.05) is 6.54 Å². The highest BCUT2D eigenvalue weighted by atomic mass is 127. The largest absolute Gasteiger partial charge is 0.460 e. The van der Waals surface area contributed by atoms with Gasteiger partial charge in [0.15, 0.2) is 0 Å². The number of hydrogen-bond donors (Lipinski definition) is 4. The molecule has 16 heteroatoms. The highest BCUT2D eigenvalue weighted by molar-refractivity contribution is 14.1. The van der Waals surface area contributed by atoms with Gasteiger partial charge in [-0.05, 0) is 111 Å². The van der Waals surface area contributed by atoms with Gasteiger partial charge in [0.1, 0.15) is 39.1 Å². The Morgan fingerprint density at radius 2 is 1.33 bits per heavy atom. The summed E-state index contributed by atoms with van der Waals surface area (Å²) >= 11 is 2.00. The van der Waals surface area contributed by atoms with Crippen molar-refractivity contribution in [1.29, 1.82) is 0 Å². The summed E-state index contributed by atoms with van der Waals surface area (Å²) in [6.07, 6.45) is 0.935. The summed E-state index contributed by atoms with van der Waals surface area (Å²) in [4.78, 5) is 63.6. The molecule has 0 bridgehead atoms. The van der Waals surface area contributed by atoms with Gasteiger partial charge < -0.3 is 35.9 Å². The van der Waals surface area contributed by atoms with Crippen molar-refractivity contribution in [3.05, 3.63) is 9.39 Å². The average molecular weight is 752 g/mol. The van der Waals surface area contributed by atoms with E-state index in [1.165, 1.54) is 4.68 Å². The molecule has 0 radical (unpaired) electrons. The smallest absolute Gasteiger partial charge is 0.329 e. The summed E-state index contributed by atoms with van der Waals surface area (Å²) in [6.45, 7) is 15.8. The molecule has 0 spiro atoms. The zero-order valence-corrected chi connectivity index (χ0v) is 30.0. The molecule has 15 nitrogen and oxygen atoms in total. The lowest BCUT2D eigenvalue weighted by Gasteiger charge is -2.27. The molecule has 45 heavy (non-hydrogen) atoms. The van der Waals surface area contributed by atoms with Gasteiger partial charge in [-0.25, -0.2) is 19.1 Å². The van der Waals surface area contributed by atoms with Crippen LogP contribution in [0.4, 0.5) is 4.79 Å². The monoisotopic (exact) mass is 751 g/mol. The van der Waals surface area contributed by atoms with Gasteiger partial charge in [0.25, 0.3) is 0 Å². The molecule has 1 aromatic heterocycles. The van der Waals surface area contributed by atoms with E-state index in [1.807, 2.05) is 22.6 Å². The molecule has 1 aromatic rings. The molecule has 2 atom stereocenters. The van der Waals surface area contributed by atoms with Gasteiger partial charge >= 0.3 is 23.9 Å². The Balaban J connectivity index is 2.83. The van der Waals surface area contributed by atoms with Crippen LogP contribution in [0.1, 0.15) is 100 Å². The van der Waals surface area contributed by atoms with Crippen molar-refractivity contribution >= 4 is 52.4 Å². The third-order valence-corrected chi connectivity index (χ3v) is 6.41. The summed E-state index contributed by atoms with van der Waals surface area (Å²) in [7, 11) is 0. The molecular formula is C29H50IN7O8. The minimum absolute atomic E-state index is 0.0302. The predicted molar refractivity (Wildman–Crippen MR) is 174 cm³/mol. The predicted octanol–water partition coefficient (Wildman–Crippen LogP) is 2.47. The number of urea groups is 1. The van der Waals surface area contributed by atoms with Gasteiger partial charge in [0.2, 0.25) is 5.91 Å². The summed E-state index contributed by atoms with van der Waals surface area (Å²) in [5.41, 5.74) is 4.00. The lowest BCUT2D eigenvalue weighted by molar-refractivity contribution is -0.159. The van der Waals surface area contributed by atoms with Crippen LogP contribution in [-0.2, 0) is 46.5 Å². The number of esters is 3. The number of nitrogens with one attached hydrogen (secondary N) is 3. The van der Waals surface area contributed by atoms with Gasteiger partial charge in [-0.1, -0.05) is 5.21 Å². The number of amides is 3. The van der Waals surface area contributed by atoms with E-state index in [-0.39, 0.29) is 38.3 Å². The second-order valence-corrected chi connectivity index (χ2v) is 14.5. The van der Waals surface area contributed by atoms with Crippen LogP contribution in [0, 0.1) is 3.70 Å². The van der Waals surface area contributed by atoms with E-state index < -0.39 is 52.8 Å². The van der Waals surface area contributed by atoms with Crippen LogP contribution in [0.5, 0.6) is 0 Å². The Morgan fingerprint density at radius 3 is 1.82 bits per heavy atom. The van der Waals surface area contributed by atoms with Crippen LogP contribution in [0.15, 0.2) is 0 Å². The number of ether oxygens (including phenoxy) is 3. The lowest BCUT2D eigenvalue weighted by Crippen LogP contribution is -2.53. The zero-order chi connectivity index (χ0) is 34.6. The number of aromatic nitrogens is 3. The highest BCUT2D eigenvalue weighted by Crippen LogP contribution is 2.15. The normalized spacial score (nSPS) is 13.3. The standard InChI is InChI=1S/C29H50IN7O8/c1-27(2,3)43-22(39)14-13-19(25(41)45-29(7,8)9)34-26(42)33-18(24(40)44-28(4,5)6)12-10-11-15-32-21(38)17-37-20(16-31)23(30)35-36-37/h18-19H,10-17,31H2,1-9H3,(H,32,38)(H2,33,34,42). The molecule has 0 aliphatic rings. The van der Waals surface area contributed by atoms with Gasteiger partial charge in [0.05, 0.1) is 5.69 Å². The number of nitrogens with zero attached hydrogens (tertiary/aromatic N) is 3. The maximum atomic E-state index is 13.0. The van der Waals surface area contributed by atoms with E-state index in [4.69, 9.17) is 19.9 Å². The van der Waals surface area contributed by atoms with Crippen LogP contribution >= 0.6 is 22.6 Å². The van der Waals surface area contributed by atoms with E-state index in [0.717, 1.165) is 0 Å². The molecule has 3 amide bonds.